The molecule has 1 aliphatic carbocycles. The Morgan fingerprint density at radius 1 is 1.26 bits per heavy atom. The van der Waals surface area contributed by atoms with Gasteiger partial charge in [0.25, 0.3) is 0 Å². The van der Waals surface area contributed by atoms with Gasteiger partial charge in [0.05, 0.1) is 6.61 Å². The highest BCUT2D eigenvalue weighted by molar-refractivity contribution is 5.85. The summed E-state index contributed by atoms with van der Waals surface area (Å²) in [6.45, 7) is 12.6. The van der Waals surface area contributed by atoms with Crippen molar-refractivity contribution >= 4 is 11.9 Å². The van der Waals surface area contributed by atoms with Gasteiger partial charge in [0.1, 0.15) is 17.5 Å². The Morgan fingerprint density at radius 3 is 2.63 bits per heavy atom. The summed E-state index contributed by atoms with van der Waals surface area (Å²) >= 11 is 0. The van der Waals surface area contributed by atoms with Gasteiger partial charge in [-0.05, 0) is 50.2 Å². The molecule has 0 bridgehead atoms. The van der Waals surface area contributed by atoms with E-state index in [4.69, 9.17) is 9.15 Å². The smallest absolute Gasteiger partial charge is 0.326 e. The predicted molar refractivity (Wildman–Crippen MR) is 137 cm³/mol. The summed E-state index contributed by atoms with van der Waals surface area (Å²) in [5.41, 5.74) is 2.93. The molecule has 2 N–H and O–H groups in total. The van der Waals surface area contributed by atoms with Crippen molar-refractivity contribution in [3.8, 4) is 11.5 Å². The summed E-state index contributed by atoms with van der Waals surface area (Å²) in [6.07, 6.45) is 4.18. The third-order valence-electron chi connectivity index (χ3n) is 6.34. The van der Waals surface area contributed by atoms with E-state index in [9.17, 15) is 14.7 Å². The van der Waals surface area contributed by atoms with Crippen molar-refractivity contribution < 1.29 is 23.8 Å². The van der Waals surface area contributed by atoms with Gasteiger partial charge >= 0.3 is 5.97 Å². The molecule has 1 amide bonds. The van der Waals surface area contributed by atoms with Crippen LogP contribution in [0.4, 0.5) is 0 Å². The third-order valence-corrected chi connectivity index (χ3v) is 6.34. The monoisotopic (exact) mass is 486 g/mol. The Bertz CT molecular complexity index is 953. The van der Waals surface area contributed by atoms with Crippen molar-refractivity contribution in [1.29, 1.82) is 0 Å². The second-order valence-electron chi connectivity index (χ2n) is 9.43. The molecule has 7 heteroatoms. The number of ether oxygens (including phenoxy) is 1. The van der Waals surface area contributed by atoms with Crippen molar-refractivity contribution in [2.75, 3.05) is 6.61 Å². The molecule has 3 rings (SSSR count). The van der Waals surface area contributed by atoms with Crippen LogP contribution in [0.1, 0.15) is 77.3 Å². The number of carbonyl (C=O) groups is 2. The molecule has 194 valence electrons. The van der Waals surface area contributed by atoms with E-state index in [1.807, 2.05) is 45.9 Å². The van der Waals surface area contributed by atoms with Crippen LogP contribution in [0.2, 0.25) is 0 Å². The number of carbonyl (C=O) groups excluding carboxylic acids is 1. The number of hydrogen-bond donors (Lipinski definition) is 2. The first kappa shape index (κ1) is 28.6. The summed E-state index contributed by atoms with van der Waals surface area (Å²) in [4.78, 5) is 28.8. The zero-order chi connectivity index (χ0) is 26.0. The van der Waals surface area contributed by atoms with E-state index in [1.165, 1.54) is 0 Å². The fourth-order valence-corrected chi connectivity index (χ4v) is 4.46. The van der Waals surface area contributed by atoms with E-state index in [0.717, 1.165) is 48.3 Å². The minimum Gasteiger partial charge on any atom is -0.480 e. The van der Waals surface area contributed by atoms with Crippen LogP contribution in [-0.4, -0.2) is 34.6 Å². The molecule has 35 heavy (non-hydrogen) atoms. The maximum absolute atomic E-state index is 12.7. The Balaban J connectivity index is 0.00000210. The first-order valence-electron chi connectivity index (χ1n) is 12.9. The number of benzene rings is 1. The quantitative estimate of drug-likeness (QED) is 0.441. The Hall–Kier alpha value is -2.67. The van der Waals surface area contributed by atoms with Gasteiger partial charge in [0, 0.05) is 24.5 Å². The topological polar surface area (TPSA) is 102 Å². The first-order valence-corrected chi connectivity index (χ1v) is 12.9. The maximum atomic E-state index is 12.7. The van der Waals surface area contributed by atoms with E-state index >= 15 is 0 Å². The number of aryl methyl sites for hydroxylation is 2. The molecule has 0 spiro atoms. The molecule has 2 aromatic rings. The molecule has 7 nitrogen and oxygen atoms in total. The molecule has 1 aromatic carbocycles. The molecular formula is C28H42N2O5. The van der Waals surface area contributed by atoms with Crippen LogP contribution in [0.25, 0.3) is 11.5 Å². The summed E-state index contributed by atoms with van der Waals surface area (Å²) in [5, 5.41) is 12.1. The van der Waals surface area contributed by atoms with Gasteiger partial charge in [-0.2, -0.15) is 0 Å². The lowest BCUT2D eigenvalue weighted by atomic mass is 9.81. The van der Waals surface area contributed by atoms with E-state index in [0.29, 0.717) is 25.5 Å². The summed E-state index contributed by atoms with van der Waals surface area (Å²) < 4.78 is 12.0. The highest BCUT2D eigenvalue weighted by atomic mass is 16.5. The Morgan fingerprint density at radius 2 is 2.00 bits per heavy atom. The van der Waals surface area contributed by atoms with Gasteiger partial charge in [-0.3, -0.25) is 4.79 Å². The minimum absolute atomic E-state index is 0.158. The highest BCUT2D eigenvalue weighted by Crippen LogP contribution is 2.30. The van der Waals surface area contributed by atoms with Gasteiger partial charge in [-0.15, -0.1) is 0 Å². The summed E-state index contributed by atoms with van der Waals surface area (Å²) in [7, 11) is 0. The van der Waals surface area contributed by atoms with Crippen LogP contribution in [0.3, 0.4) is 0 Å². The largest absolute Gasteiger partial charge is 0.480 e. The average molecular weight is 487 g/mol. The molecule has 0 saturated heterocycles. The molecule has 0 radical (unpaired) electrons. The summed E-state index contributed by atoms with van der Waals surface area (Å²) in [5.74, 6) is 0.243. The van der Waals surface area contributed by atoms with Crippen molar-refractivity contribution in [3.63, 3.8) is 0 Å². The lowest BCUT2D eigenvalue weighted by Gasteiger charge is -2.29. The molecule has 1 aliphatic rings. The van der Waals surface area contributed by atoms with Crippen molar-refractivity contribution in [3.05, 3.63) is 41.3 Å². The SMILES string of the molecule is CC.CCc1oc(-c2cccc(C)c2)nc1COCC1CCCC(C(=O)N[C@H](C(=O)O)C(C)C)C1. The Labute approximate surface area is 209 Å². The zero-order valence-corrected chi connectivity index (χ0v) is 22.1. The number of rotatable bonds is 10. The first-order chi connectivity index (χ1) is 16.8. The van der Waals surface area contributed by atoms with Crippen LogP contribution in [0, 0.1) is 24.7 Å². The number of aliphatic carboxylic acids is 1. The fraction of sp³-hybridized carbons (Fsp3) is 0.607. The van der Waals surface area contributed by atoms with Crippen molar-refractivity contribution in [2.45, 2.75) is 86.3 Å². The lowest BCUT2D eigenvalue weighted by molar-refractivity contribution is -0.144. The molecular weight excluding hydrogens is 444 g/mol. The zero-order valence-electron chi connectivity index (χ0n) is 22.1. The van der Waals surface area contributed by atoms with Gasteiger partial charge in [0.2, 0.25) is 11.8 Å². The Kier molecular flexibility index (Phi) is 11.4. The van der Waals surface area contributed by atoms with E-state index in [1.54, 1.807) is 13.8 Å². The predicted octanol–water partition coefficient (Wildman–Crippen LogP) is 5.79. The third kappa shape index (κ3) is 8.20. The van der Waals surface area contributed by atoms with Crippen molar-refractivity contribution in [2.24, 2.45) is 17.8 Å². The van der Waals surface area contributed by atoms with E-state index < -0.39 is 12.0 Å². The lowest BCUT2D eigenvalue weighted by Crippen LogP contribution is -2.47. The van der Waals surface area contributed by atoms with Gasteiger partial charge in [-0.25, -0.2) is 9.78 Å². The number of aromatic nitrogens is 1. The standard InChI is InChI=1S/C26H36N2O5.C2H6/c1-5-22-21(27-25(33-22)20-11-6-8-17(4)12-20)15-32-14-18-9-7-10-19(13-18)24(29)28-23(16(2)3)26(30)31;1-2/h6,8,11-12,16,18-19,23H,5,7,9-10,13-15H2,1-4H3,(H,28,29)(H,30,31);1-2H3/t18?,19?,23-;/m0./s1. The second-order valence-corrected chi connectivity index (χ2v) is 9.43. The molecule has 1 fully saturated rings. The number of carboxylic acids is 1. The number of hydrogen-bond acceptors (Lipinski definition) is 5. The van der Waals surface area contributed by atoms with E-state index in [-0.39, 0.29) is 23.7 Å². The van der Waals surface area contributed by atoms with Gasteiger partial charge in [0.15, 0.2) is 0 Å². The number of oxazole rings is 1. The highest BCUT2D eigenvalue weighted by Gasteiger charge is 2.31. The molecule has 2 unspecified atom stereocenters. The fourth-order valence-electron chi connectivity index (χ4n) is 4.46. The number of amides is 1. The van der Waals surface area contributed by atoms with Crippen LogP contribution < -0.4 is 5.32 Å². The van der Waals surface area contributed by atoms with Crippen LogP contribution in [-0.2, 0) is 27.4 Å². The number of carboxylic acid groups (broad SMARTS) is 1. The number of nitrogens with zero attached hydrogens (tertiary/aromatic N) is 1. The molecule has 1 aromatic heterocycles. The molecule has 1 saturated carbocycles. The number of nitrogens with one attached hydrogen (secondary N) is 1. The molecule has 1 heterocycles. The molecule has 0 aliphatic heterocycles. The van der Waals surface area contributed by atoms with Gasteiger partial charge in [-0.1, -0.05) is 58.7 Å². The molecule has 3 atom stereocenters. The minimum atomic E-state index is -0.988. The van der Waals surface area contributed by atoms with Crippen LogP contribution >= 0.6 is 0 Å². The average Bonchev–Trinajstić information content (AvgIpc) is 3.26. The van der Waals surface area contributed by atoms with Crippen molar-refractivity contribution in [1.82, 2.24) is 10.3 Å². The second kappa shape index (κ2) is 14.0. The van der Waals surface area contributed by atoms with Gasteiger partial charge < -0.3 is 19.6 Å². The maximum Gasteiger partial charge on any atom is 0.326 e. The van der Waals surface area contributed by atoms with E-state index in [2.05, 4.69) is 16.4 Å². The van der Waals surface area contributed by atoms with Crippen LogP contribution in [0.15, 0.2) is 28.7 Å². The summed E-state index contributed by atoms with van der Waals surface area (Å²) in [6, 6.07) is 7.23. The normalized spacial score (nSPS) is 18.5. The van der Waals surface area contributed by atoms with Crippen LogP contribution in [0.5, 0.6) is 0 Å².